The van der Waals surface area contributed by atoms with Crippen LogP contribution in [0.4, 0.5) is 0 Å². The molecule has 0 amide bonds. The minimum atomic E-state index is 0.0224. The molecule has 1 fully saturated rings. The molecule has 0 aliphatic carbocycles. The highest BCUT2D eigenvalue weighted by Gasteiger charge is 2.30. The smallest absolute Gasteiger partial charge is 0.261 e. The summed E-state index contributed by atoms with van der Waals surface area (Å²) in [5, 5.41) is 11.0. The number of rotatable bonds is 3. The highest BCUT2D eigenvalue weighted by Crippen LogP contribution is 2.32. The van der Waals surface area contributed by atoms with Gasteiger partial charge in [0.1, 0.15) is 15.8 Å². The number of hydrogen-bond acceptors (Lipinski definition) is 6. The quantitative estimate of drug-likeness (QED) is 0.732. The molecule has 1 saturated heterocycles. The topological polar surface area (TPSA) is 63.9 Å². The van der Waals surface area contributed by atoms with Crippen LogP contribution in [-0.4, -0.2) is 31.2 Å². The van der Waals surface area contributed by atoms with E-state index < -0.39 is 0 Å². The van der Waals surface area contributed by atoms with Crippen LogP contribution < -0.4 is 5.56 Å². The van der Waals surface area contributed by atoms with Gasteiger partial charge in [-0.25, -0.2) is 4.98 Å². The van der Waals surface area contributed by atoms with Crippen LogP contribution in [-0.2, 0) is 13.6 Å². The summed E-state index contributed by atoms with van der Waals surface area (Å²) in [5.74, 6) is 0.845. The van der Waals surface area contributed by atoms with E-state index in [0.29, 0.717) is 5.39 Å². The molecule has 0 bridgehead atoms. The molecule has 0 radical (unpaired) electrons. The molecule has 124 valence electrons. The zero-order valence-electron chi connectivity index (χ0n) is 13.8. The Hall–Kier alpha value is -2.12. The van der Waals surface area contributed by atoms with Gasteiger partial charge < -0.3 is 0 Å². The van der Waals surface area contributed by atoms with Crippen molar-refractivity contribution >= 4 is 22.2 Å². The SMILES string of the molecule is Cc1nnc(CN2CCCC2c2nc3ccccc3c(=O)n2C)s1. The third-order valence-corrected chi connectivity index (χ3v) is 5.41. The van der Waals surface area contributed by atoms with Gasteiger partial charge in [-0.2, -0.15) is 0 Å². The number of hydrogen-bond donors (Lipinski definition) is 0. The van der Waals surface area contributed by atoms with Crippen LogP contribution in [0.5, 0.6) is 0 Å². The molecule has 24 heavy (non-hydrogen) atoms. The summed E-state index contributed by atoms with van der Waals surface area (Å²) >= 11 is 1.63. The van der Waals surface area contributed by atoms with Crippen molar-refractivity contribution in [3.05, 3.63) is 50.5 Å². The Morgan fingerprint density at radius 2 is 2.12 bits per heavy atom. The van der Waals surface area contributed by atoms with E-state index in [1.165, 1.54) is 0 Å². The van der Waals surface area contributed by atoms with Gasteiger partial charge >= 0.3 is 0 Å². The predicted molar refractivity (Wildman–Crippen MR) is 94.0 cm³/mol. The van der Waals surface area contributed by atoms with Crippen LogP contribution in [0.3, 0.4) is 0 Å². The lowest BCUT2D eigenvalue weighted by Gasteiger charge is -2.24. The molecule has 1 aliphatic rings. The van der Waals surface area contributed by atoms with Crippen molar-refractivity contribution in [1.29, 1.82) is 0 Å². The van der Waals surface area contributed by atoms with E-state index in [9.17, 15) is 4.79 Å². The molecule has 7 heteroatoms. The zero-order chi connectivity index (χ0) is 16.7. The third kappa shape index (κ3) is 2.63. The van der Waals surface area contributed by atoms with E-state index in [4.69, 9.17) is 4.98 Å². The van der Waals surface area contributed by atoms with E-state index in [1.54, 1.807) is 15.9 Å². The van der Waals surface area contributed by atoms with E-state index in [2.05, 4.69) is 15.1 Å². The third-order valence-electron chi connectivity index (χ3n) is 4.59. The number of fused-ring (bicyclic) bond motifs is 1. The summed E-state index contributed by atoms with van der Waals surface area (Å²) in [6.45, 7) is 3.72. The Labute approximate surface area is 143 Å². The first kappa shape index (κ1) is 15.4. The predicted octanol–water partition coefficient (Wildman–Crippen LogP) is 2.43. The van der Waals surface area contributed by atoms with Crippen molar-refractivity contribution in [2.45, 2.75) is 32.4 Å². The maximum absolute atomic E-state index is 12.7. The minimum Gasteiger partial charge on any atom is -0.298 e. The lowest BCUT2D eigenvalue weighted by atomic mass is 10.1. The van der Waals surface area contributed by atoms with Crippen LogP contribution >= 0.6 is 11.3 Å². The summed E-state index contributed by atoms with van der Waals surface area (Å²) in [4.78, 5) is 19.8. The minimum absolute atomic E-state index is 0.0224. The number of likely N-dealkylation sites (tertiary alicyclic amines) is 1. The lowest BCUT2D eigenvalue weighted by Crippen LogP contribution is -2.30. The number of aromatic nitrogens is 4. The second-order valence-electron chi connectivity index (χ2n) is 6.19. The Bertz CT molecular complexity index is 948. The fraction of sp³-hybridized carbons (Fsp3) is 0.412. The summed E-state index contributed by atoms with van der Waals surface area (Å²) in [6, 6.07) is 7.70. The molecule has 4 rings (SSSR count). The van der Waals surface area contributed by atoms with Crippen LogP contribution in [0, 0.1) is 6.92 Å². The molecular formula is C17H19N5OS. The van der Waals surface area contributed by atoms with Crippen LogP contribution in [0.1, 0.15) is 34.7 Å². The summed E-state index contributed by atoms with van der Waals surface area (Å²) in [5.41, 5.74) is 0.795. The molecule has 0 saturated carbocycles. The van der Waals surface area contributed by atoms with Gasteiger partial charge in [-0.3, -0.25) is 14.3 Å². The number of benzene rings is 1. The number of nitrogens with zero attached hydrogens (tertiary/aromatic N) is 5. The molecule has 2 aromatic heterocycles. The standard InChI is InChI=1S/C17H19N5OS/c1-11-19-20-15(24-11)10-22-9-5-8-14(22)16-18-13-7-4-3-6-12(13)17(23)21(16)2/h3-4,6-7,14H,5,8-10H2,1-2H3. The molecule has 3 heterocycles. The van der Waals surface area contributed by atoms with E-state index in [0.717, 1.165) is 47.3 Å². The van der Waals surface area contributed by atoms with Crippen molar-refractivity contribution in [3.8, 4) is 0 Å². The molecule has 1 unspecified atom stereocenters. The van der Waals surface area contributed by atoms with Gasteiger partial charge in [-0.1, -0.05) is 12.1 Å². The van der Waals surface area contributed by atoms with E-state index in [-0.39, 0.29) is 11.6 Å². The second-order valence-corrected chi connectivity index (χ2v) is 7.46. The molecule has 1 aromatic carbocycles. The molecular weight excluding hydrogens is 322 g/mol. The fourth-order valence-electron chi connectivity index (χ4n) is 3.42. The second kappa shape index (κ2) is 6.07. The van der Waals surface area contributed by atoms with Gasteiger partial charge in [0.15, 0.2) is 0 Å². The van der Waals surface area contributed by atoms with Crippen molar-refractivity contribution in [2.24, 2.45) is 7.05 Å². The van der Waals surface area contributed by atoms with E-state index in [1.807, 2.05) is 38.2 Å². The Morgan fingerprint density at radius 3 is 2.92 bits per heavy atom. The van der Waals surface area contributed by atoms with Gasteiger partial charge in [0.05, 0.1) is 23.5 Å². The van der Waals surface area contributed by atoms with Crippen molar-refractivity contribution in [2.75, 3.05) is 6.54 Å². The number of para-hydroxylation sites is 1. The van der Waals surface area contributed by atoms with Gasteiger partial charge in [-0.05, 0) is 38.4 Å². The molecule has 6 nitrogen and oxygen atoms in total. The first-order valence-electron chi connectivity index (χ1n) is 8.12. The summed E-state index contributed by atoms with van der Waals surface area (Å²) in [6.07, 6.45) is 2.11. The van der Waals surface area contributed by atoms with Crippen LogP contribution in [0.25, 0.3) is 10.9 Å². The van der Waals surface area contributed by atoms with Gasteiger partial charge in [0.25, 0.3) is 5.56 Å². The first-order chi connectivity index (χ1) is 11.6. The number of aryl methyl sites for hydroxylation is 1. The van der Waals surface area contributed by atoms with Crippen LogP contribution in [0.15, 0.2) is 29.1 Å². The highest BCUT2D eigenvalue weighted by atomic mass is 32.1. The lowest BCUT2D eigenvalue weighted by molar-refractivity contribution is 0.234. The molecule has 0 N–H and O–H groups in total. The van der Waals surface area contributed by atoms with Crippen molar-refractivity contribution in [3.63, 3.8) is 0 Å². The fourth-order valence-corrected chi connectivity index (χ4v) is 4.15. The largest absolute Gasteiger partial charge is 0.298 e. The van der Waals surface area contributed by atoms with Gasteiger partial charge in [0, 0.05) is 7.05 Å². The Kier molecular flexibility index (Phi) is 3.90. The van der Waals surface area contributed by atoms with Crippen molar-refractivity contribution in [1.82, 2.24) is 24.6 Å². The Balaban J connectivity index is 1.73. The maximum atomic E-state index is 12.7. The monoisotopic (exact) mass is 341 g/mol. The summed E-state index contributed by atoms with van der Waals surface area (Å²) in [7, 11) is 1.82. The molecule has 1 aliphatic heterocycles. The van der Waals surface area contributed by atoms with Crippen molar-refractivity contribution < 1.29 is 0 Å². The average Bonchev–Trinajstić information content (AvgIpc) is 3.20. The summed E-state index contributed by atoms with van der Waals surface area (Å²) < 4.78 is 1.71. The van der Waals surface area contributed by atoms with Gasteiger partial charge in [-0.15, -0.1) is 21.5 Å². The molecule has 3 aromatic rings. The first-order valence-corrected chi connectivity index (χ1v) is 8.94. The maximum Gasteiger partial charge on any atom is 0.261 e. The normalized spacial score (nSPS) is 18.5. The highest BCUT2D eigenvalue weighted by molar-refractivity contribution is 7.11. The Morgan fingerprint density at radius 1 is 1.29 bits per heavy atom. The zero-order valence-corrected chi connectivity index (χ0v) is 14.6. The van der Waals surface area contributed by atoms with Gasteiger partial charge in [0.2, 0.25) is 0 Å². The molecule has 1 atom stereocenters. The molecule has 0 spiro atoms. The average molecular weight is 341 g/mol. The van der Waals surface area contributed by atoms with E-state index >= 15 is 0 Å². The van der Waals surface area contributed by atoms with Crippen LogP contribution in [0.2, 0.25) is 0 Å².